The van der Waals surface area contributed by atoms with E-state index in [0.29, 0.717) is 11.4 Å². The molecule has 2 aromatic rings. The highest BCUT2D eigenvalue weighted by Gasteiger charge is 2.31. The van der Waals surface area contributed by atoms with Crippen LogP contribution in [0, 0.1) is 0 Å². The average Bonchev–Trinajstić information content (AvgIpc) is 3.15. The number of nitrogens with zero attached hydrogens (tertiary/aromatic N) is 2. The number of carbonyl (C=O) groups excluding carboxylic acids is 1. The molecule has 2 N–H and O–H groups in total. The highest BCUT2D eigenvalue weighted by molar-refractivity contribution is 5.92. The molecular formula is C15H18N4O3. The number of nitrogens with one attached hydrogen (secondary N) is 2. The van der Waals surface area contributed by atoms with E-state index in [9.17, 15) is 9.59 Å². The van der Waals surface area contributed by atoms with Gasteiger partial charge in [-0.05, 0) is 25.3 Å². The van der Waals surface area contributed by atoms with Gasteiger partial charge in [-0.2, -0.15) is 5.10 Å². The minimum absolute atomic E-state index is 0.0716. The van der Waals surface area contributed by atoms with E-state index in [2.05, 4.69) is 15.5 Å². The Bertz CT molecular complexity index is 708. The van der Waals surface area contributed by atoms with Gasteiger partial charge in [-0.3, -0.25) is 14.7 Å². The molecule has 1 saturated carbocycles. The van der Waals surface area contributed by atoms with E-state index in [4.69, 9.17) is 4.74 Å². The van der Waals surface area contributed by atoms with Crippen molar-refractivity contribution < 1.29 is 9.53 Å². The second kappa shape index (κ2) is 6.05. The molecule has 22 heavy (non-hydrogen) atoms. The van der Waals surface area contributed by atoms with Gasteiger partial charge in [0.25, 0.3) is 11.5 Å². The van der Waals surface area contributed by atoms with Gasteiger partial charge in [0.15, 0.2) is 5.75 Å². The van der Waals surface area contributed by atoms with E-state index in [-0.39, 0.29) is 23.6 Å². The molecule has 0 aliphatic heterocycles. The van der Waals surface area contributed by atoms with E-state index in [0.717, 1.165) is 19.3 Å². The van der Waals surface area contributed by atoms with Crippen LogP contribution in [0.5, 0.6) is 5.75 Å². The van der Waals surface area contributed by atoms with Crippen molar-refractivity contribution in [3.8, 4) is 5.75 Å². The SMILES string of the molecule is Cn1c(C(=O)N[C@H]2CCC[C@H]2Oc2cn[nH]c2)cccc1=O. The highest BCUT2D eigenvalue weighted by atomic mass is 16.5. The Balaban J connectivity index is 1.70. The normalized spacial score (nSPS) is 20.8. The first-order valence-corrected chi connectivity index (χ1v) is 7.27. The van der Waals surface area contributed by atoms with E-state index in [1.807, 2.05) is 0 Å². The number of hydrogen-bond donors (Lipinski definition) is 2. The van der Waals surface area contributed by atoms with Gasteiger partial charge in [0.05, 0.1) is 18.4 Å². The van der Waals surface area contributed by atoms with Crippen molar-refractivity contribution in [2.75, 3.05) is 0 Å². The van der Waals surface area contributed by atoms with Gasteiger partial charge < -0.3 is 14.6 Å². The molecule has 2 heterocycles. The molecule has 0 spiro atoms. The summed E-state index contributed by atoms with van der Waals surface area (Å²) in [5, 5.41) is 9.51. The zero-order valence-electron chi connectivity index (χ0n) is 12.3. The molecule has 1 aliphatic rings. The molecule has 2 aromatic heterocycles. The Labute approximate surface area is 127 Å². The maximum absolute atomic E-state index is 12.4. The zero-order valence-corrected chi connectivity index (χ0v) is 12.3. The smallest absolute Gasteiger partial charge is 0.268 e. The van der Waals surface area contributed by atoms with Crippen molar-refractivity contribution in [1.29, 1.82) is 0 Å². The average molecular weight is 302 g/mol. The standard InChI is InChI=1S/C15H18N4O3/c1-19-12(5-3-7-14(19)20)15(21)18-11-4-2-6-13(11)22-10-8-16-17-9-10/h3,5,7-9,11,13H,2,4,6H2,1H3,(H,16,17)(H,18,21)/t11-,13+/m0/s1. The second-order valence-corrected chi connectivity index (χ2v) is 5.41. The number of H-pyrrole nitrogens is 1. The lowest BCUT2D eigenvalue weighted by Crippen LogP contribution is -2.43. The Hall–Kier alpha value is -2.57. The van der Waals surface area contributed by atoms with Crippen molar-refractivity contribution in [3.05, 3.63) is 46.6 Å². The van der Waals surface area contributed by atoms with Crippen LogP contribution in [0.1, 0.15) is 29.8 Å². The summed E-state index contributed by atoms with van der Waals surface area (Å²) in [7, 11) is 1.59. The summed E-state index contributed by atoms with van der Waals surface area (Å²) in [4.78, 5) is 24.0. The lowest BCUT2D eigenvalue weighted by molar-refractivity contribution is 0.0884. The van der Waals surface area contributed by atoms with Crippen LogP contribution in [-0.2, 0) is 7.05 Å². The fraction of sp³-hybridized carbons (Fsp3) is 0.400. The quantitative estimate of drug-likeness (QED) is 0.876. The summed E-state index contributed by atoms with van der Waals surface area (Å²) in [6.45, 7) is 0. The molecule has 0 aromatic carbocycles. The Morgan fingerprint density at radius 2 is 2.32 bits per heavy atom. The van der Waals surface area contributed by atoms with Gasteiger partial charge >= 0.3 is 0 Å². The Morgan fingerprint density at radius 1 is 1.45 bits per heavy atom. The maximum atomic E-state index is 12.4. The van der Waals surface area contributed by atoms with Crippen molar-refractivity contribution in [3.63, 3.8) is 0 Å². The minimum Gasteiger partial charge on any atom is -0.485 e. The third-order valence-corrected chi connectivity index (χ3v) is 3.95. The molecule has 7 nitrogen and oxygen atoms in total. The Morgan fingerprint density at radius 3 is 3.09 bits per heavy atom. The Kier molecular flexibility index (Phi) is 3.95. The van der Waals surface area contributed by atoms with Crippen LogP contribution in [0.3, 0.4) is 0 Å². The van der Waals surface area contributed by atoms with Gasteiger partial charge in [-0.1, -0.05) is 6.07 Å². The van der Waals surface area contributed by atoms with Crippen LogP contribution in [-0.4, -0.2) is 32.8 Å². The van der Waals surface area contributed by atoms with Crippen LogP contribution in [0.4, 0.5) is 0 Å². The lowest BCUT2D eigenvalue weighted by atomic mass is 10.2. The second-order valence-electron chi connectivity index (χ2n) is 5.41. The van der Waals surface area contributed by atoms with Gasteiger partial charge in [-0.15, -0.1) is 0 Å². The number of pyridine rings is 1. The number of rotatable bonds is 4. The third-order valence-electron chi connectivity index (χ3n) is 3.95. The predicted octanol–water partition coefficient (Wildman–Crippen LogP) is 0.838. The van der Waals surface area contributed by atoms with Gasteiger partial charge in [0.2, 0.25) is 0 Å². The summed E-state index contributed by atoms with van der Waals surface area (Å²) in [5.41, 5.74) is 0.145. The van der Waals surface area contributed by atoms with E-state index >= 15 is 0 Å². The number of aromatic amines is 1. The fourth-order valence-electron chi connectivity index (χ4n) is 2.74. The monoisotopic (exact) mass is 302 g/mol. The van der Waals surface area contributed by atoms with Gasteiger partial charge in [0.1, 0.15) is 11.8 Å². The van der Waals surface area contributed by atoms with E-state index < -0.39 is 0 Å². The minimum atomic E-state index is -0.257. The number of aromatic nitrogens is 3. The highest BCUT2D eigenvalue weighted by Crippen LogP contribution is 2.24. The molecule has 7 heteroatoms. The van der Waals surface area contributed by atoms with Crippen molar-refractivity contribution in [1.82, 2.24) is 20.1 Å². The summed E-state index contributed by atoms with van der Waals surface area (Å²) in [6, 6.07) is 4.58. The molecular weight excluding hydrogens is 284 g/mol. The van der Waals surface area contributed by atoms with E-state index in [1.165, 1.54) is 10.6 Å². The molecule has 0 bridgehead atoms. The molecule has 116 valence electrons. The van der Waals surface area contributed by atoms with Gasteiger partial charge in [0, 0.05) is 13.1 Å². The largest absolute Gasteiger partial charge is 0.485 e. The molecule has 2 atom stereocenters. The number of amides is 1. The van der Waals surface area contributed by atoms with Crippen LogP contribution >= 0.6 is 0 Å². The first-order valence-electron chi connectivity index (χ1n) is 7.27. The van der Waals surface area contributed by atoms with Crippen LogP contribution in [0.2, 0.25) is 0 Å². The molecule has 0 saturated heterocycles. The van der Waals surface area contributed by atoms with Crippen molar-refractivity contribution in [2.45, 2.75) is 31.4 Å². The molecule has 3 rings (SSSR count). The molecule has 0 radical (unpaired) electrons. The number of carbonyl (C=O) groups is 1. The maximum Gasteiger partial charge on any atom is 0.268 e. The van der Waals surface area contributed by atoms with E-state index in [1.54, 1.807) is 31.6 Å². The molecule has 0 unspecified atom stereocenters. The third kappa shape index (κ3) is 2.88. The molecule has 1 aliphatic carbocycles. The fourth-order valence-corrected chi connectivity index (χ4v) is 2.74. The summed E-state index contributed by atoms with van der Waals surface area (Å²) in [5.74, 6) is 0.408. The van der Waals surface area contributed by atoms with Crippen LogP contribution < -0.4 is 15.6 Å². The summed E-state index contributed by atoms with van der Waals surface area (Å²) >= 11 is 0. The molecule has 1 amide bonds. The lowest BCUT2D eigenvalue weighted by Gasteiger charge is -2.22. The number of ether oxygens (including phenoxy) is 1. The van der Waals surface area contributed by atoms with Gasteiger partial charge in [-0.25, -0.2) is 0 Å². The van der Waals surface area contributed by atoms with Crippen LogP contribution in [0.25, 0.3) is 0 Å². The number of hydrogen-bond acceptors (Lipinski definition) is 4. The topological polar surface area (TPSA) is 89.0 Å². The first kappa shape index (κ1) is 14.4. The first-order chi connectivity index (χ1) is 10.6. The van der Waals surface area contributed by atoms with Crippen LogP contribution in [0.15, 0.2) is 35.4 Å². The zero-order chi connectivity index (χ0) is 15.5. The summed E-state index contributed by atoms with van der Waals surface area (Å²) < 4.78 is 7.19. The molecule has 1 fully saturated rings. The predicted molar refractivity (Wildman–Crippen MR) is 79.8 cm³/mol. The van der Waals surface area contributed by atoms with Crippen molar-refractivity contribution >= 4 is 5.91 Å². The van der Waals surface area contributed by atoms with Crippen molar-refractivity contribution in [2.24, 2.45) is 7.05 Å². The summed E-state index contributed by atoms with van der Waals surface area (Å²) in [6.07, 6.45) is 5.93.